The van der Waals surface area contributed by atoms with Crippen molar-refractivity contribution < 1.29 is 0 Å². The highest BCUT2D eigenvalue weighted by atomic mass is 15.2. The molecule has 1 atom stereocenters. The standard InChI is InChI=1S/C19H32N2/c1-18(2,3)16-9-7-8-10-17(16)21-12-11-15(14-21)13-20-19(4,5)6/h7-10,15,20H,11-14H2,1-6H3. The van der Waals surface area contributed by atoms with Crippen molar-refractivity contribution in [2.24, 2.45) is 5.92 Å². The van der Waals surface area contributed by atoms with Gasteiger partial charge in [-0.05, 0) is 50.2 Å². The molecule has 1 N–H and O–H groups in total. The largest absolute Gasteiger partial charge is 0.371 e. The second kappa shape index (κ2) is 6.00. The van der Waals surface area contributed by atoms with Gasteiger partial charge in [0.05, 0.1) is 0 Å². The van der Waals surface area contributed by atoms with E-state index in [1.807, 2.05) is 0 Å². The topological polar surface area (TPSA) is 15.3 Å². The van der Waals surface area contributed by atoms with E-state index in [1.54, 1.807) is 0 Å². The van der Waals surface area contributed by atoms with Gasteiger partial charge in [-0.25, -0.2) is 0 Å². The molecule has 1 fully saturated rings. The molecule has 0 radical (unpaired) electrons. The third-order valence-corrected chi connectivity index (χ3v) is 4.26. The first-order valence-corrected chi connectivity index (χ1v) is 8.26. The predicted octanol–water partition coefficient (Wildman–Crippen LogP) is 4.20. The van der Waals surface area contributed by atoms with Gasteiger partial charge in [0.1, 0.15) is 0 Å². The lowest BCUT2D eigenvalue weighted by Crippen LogP contribution is -2.39. The highest BCUT2D eigenvalue weighted by Crippen LogP contribution is 2.34. The quantitative estimate of drug-likeness (QED) is 0.897. The van der Waals surface area contributed by atoms with E-state index in [0.717, 1.165) is 12.5 Å². The number of nitrogens with one attached hydrogen (secondary N) is 1. The van der Waals surface area contributed by atoms with Crippen LogP contribution in [0.5, 0.6) is 0 Å². The van der Waals surface area contributed by atoms with Crippen molar-refractivity contribution in [1.82, 2.24) is 5.32 Å². The van der Waals surface area contributed by atoms with Crippen molar-refractivity contribution in [3.63, 3.8) is 0 Å². The molecule has 0 aromatic heterocycles. The summed E-state index contributed by atoms with van der Waals surface area (Å²) >= 11 is 0. The van der Waals surface area contributed by atoms with E-state index in [9.17, 15) is 0 Å². The van der Waals surface area contributed by atoms with Crippen molar-refractivity contribution in [2.75, 3.05) is 24.5 Å². The van der Waals surface area contributed by atoms with Gasteiger partial charge in [0.15, 0.2) is 0 Å². The van der Waals surface area contributed by atoms with Crippen LogP contribution in [-0.2, 0) is 5.41 Å². The fourth-order valence-corrected chi connectivity index (χ4v) is 3.05. The van der Waals surface area contributed by atoms with Gasteiger partial charge in [-0.3, -0.25) is 0 Å². The first-order chi connectivity index (χ1) is 9.67. The number of nitrogens with zero attached hydrogens (tertiary/aromatic N) is 1. The van der Waals surface area contributed by atoms with Crippen LogP contribution in [0.4, 0.5) is 5.69 Å². The van der Waals surface area contributed by atoms with E-state index in [-0.39, 0.29) is 11.0 Å². The lowest BCUT2D eigenvalue weighted by atomic mass is 9.85. The highest BCUT2D eigenvalue weighted by Gasteiger charge is 2.27. The van der Waals surface area contributed by atoms with Gasteiger partial charge in [0.2, 0.25) is 0 Å². The van der Waals surface area contributed by atoms with Gasteiger partial charge in [-0.2, -0.15) is 0 Å². The van der Waals surface area contributed by atoms with Crippen LogP contribution in [-0.4, -0.2) is 25.2 Å². The number of anilines is 1. The SMILES string of the molecule is CC(C)(C)NCC1CCN(c2ccccc2C(C)(C)C)C1. The first kappa shape index (κ1) is 16.4. The Kier molecular flexibility index (Phi) is 4.67. The van der Waals surface area contributed by atoms with E-state index < -0.39 is 0 Å². The average molecular weight is 288 g/mol. The maximum absolute atomic E-state index is 3.65. The summed E-state index contributed by atoms with van der Waals surface area (Å²) in [5, 5.41) is 3.65. The maximum Gasteiger partial charge on any atom is 0.0404 e. The van der Waals surface area contributed by atoms with Crippen molar-refractivity contribution in [2.45, 2.75) is 58.9 Å². The third-order valence-electron chi connectivity index (χ3n) is 4.26. The third kappa shape index (κ3) is 4.47. The molecule has 1 aromatic rings. The first-order valence-electron chi connectivity index (χ1n) is 8.26. The van der Waals surface area contributed by atoms with E-state index >= 15 is 0 Å². The van der Waals surface area contributed by atoms with Crippen LogP contribution in [0.2, 0.25) is 0 Å². The van der Waals surface area contributed by atoms with Crippen molar-refractivity contribution in [3.05, 3.63) is 29.8 Å². The summed E-state index contributed by atoms with van der Waals surface area (Å²) in [7, 11) is 0. The van der Waals surface area contributed by atoms with Crippen molar-refractivity contribution >= 4 is 5.69 Å². The number of benzene rings is 1. The molecule has 118 valence electrons. The highest BCUT2D eigenvalue weighted by molar-refractivity contribution is 5.57. The van der Waals surface area contributed by atoms with Crippen LogP contribution in [0.1, 0.15) is 53.5 Å². The van der Waals surface area contributed by atoms with Gasteiger partial charge in [-0.1, -0.05) is 39.0 Å². The fourth-order valence-electron chi connectivity index (χ4n) is 3.05. The molecule has 0 bridgehead atoms. The molecule has 2 rings (SSSR count). The zero-order valence-electron chi connectivity index (χ0n) is 14.7. The Hall–Kier alpha value is -1.02. The fraction of sp³-hybridized carbons (Fsp3) is 0.684. The Bertz CT molecular complexity index is 465. The minimum atomic E-state index is 0.207. The molecule has 1 aliphatic heterocycles. The Morgan fingerprint density at radius 3 is 2.38 bits per heavy atom. The molecular weight excluding hydrogens is 256 g/mol. The summed E-state index contributed by atoms with van der Waals surface area (Å²) in [5.74, 6) is 0.761. The summed E-state index contributed by atoms with van der Waals surface area (Å²) in [6, 6.07) is 8.92. The molecular formula is C19H32N2. The molecule has 1 saturated heterocycles. The predicted molar refractivity (Wildman–Crippen MR) is 93.2 cm³/mol. The molecule has 0 spiro atoms. The number of hydrogen-bond acceptors (Lipinski definition) is 2. The Labute approximate surface area is 130 Å². The van der Waals surface area contributed by atoms with Crippen LogP contribution in [0.15, 0.2) is 24.3 Å². The average Bonchev–Trinajstić information content (AvgIpc) is 2.83. The Morgan fingerprint density at radius 2 is 1.76 bits per heavy atom. The number of rotatable bonds is 3. The summed E-state index contributed by atoms with van der Waals surface area (Å²) in [5.41, 5.74) is 3.33. The van der Waals surface area contributed by atoms with Crippen LogP contribution in [0.25, 0.3) is 0 Å². The number of para-hydroxylation sites is 1. The van der Waals surface area contributed by atoms with E-state index in [4.69, 9.17) is 0 Å². The molecule has 21 heavy (non-hydrogen) atoms. The monoisotopic (exact) mass is 288 g/mol. The maximum atomic E-state index is 3.65. The van der Waals surface area contributed by atoms with Crippen LogP contribution >= 0.6 is 0 Å². The van der Waals surface area contributed by atoms with E-state index in [2.05, 4.69) is 76.0 Å². The Balaban J connectivity index is 2.05. The van der Waals surface area contributed by atoms with E-state index in [0.29, 0.717) is 0 Å². The molecule has 0 saturated carbocycles. The smallest absolute Gasteiger partial charge is 0.0404 e. The molecule has 2 nitrogen and oxygen atoms in total. The van der Waals surface area contributed by atoms with Crippen LogP contribution in [0, 0.1) is 5.92 Å². The molecule has 2 heteroatoms. The molecule has 1 aromatic carbocycles. The molecule has 1 aliphatic rings. The van der Waals surface area contributed by atoms with Crippen molar-refractivity contribution in [1.29, 1.82) is 0 Å². The second-order valence-electron chi connectivity index (χ2n) is 8.50. The summed E-state index contributed by atoms with van der Waals surface area (Å²) in [6.45, 7) is 17.1. The van der Waals surface area contributed by atoms with Crippen LogP contribution in [0.3, 0.4) is 0 Å². The normalized spacial score (nSPS) is 20.1. The van der Waals surface area contributed by atoms with E-state index in [1.165, 1.54) is 30.8 Å². The van der Waals surface area contributed by atoms with Gasteiger partial charge in [0, 0.05) is 30.9 Å². The minimum absolute atomic E-state index is 0.207. The summed E-state index contributed by atoms with van der Waals surface area (Å²) < 4.78 is 0. The van der Waals surface area contributed by atoms with Gasteiger partial charge >= 0.3 is 0 Å². The molecule has 1 unspecified atom stereocenters. The van der Waals surface area contributed by atoms with Gasteiger partial charge < -0.3 is 10.2 Å². The van der Waals surface area contributed by atoms with Gasteiger partial charge in [-0.15, -0.1) is 0 Å². The van der Waals surface area contributed by atoms with Crippen LogP contribution < -0.4 is 10.2 Å². The van der Waals surface area contributed by atoms with Gasteiger partial charge in [0.25, 0.3) is 0 Å². The molecule has 0 amide bonds. The lowest BCUT2D eigenvalue weighted by molar-refractivity contribution is 0.383. The lowest BCUT2D eigenvalue weighted by Gasteiger charge is -2.29. The number of hydrogen-bond donors (Lipinski definition) is 1. The molecule has 1 heterocycles. The zero-order valence-corrected chi connectivity index (χ0v) is 14.7. The summed E-state index contributed by atoms with van der Waals surface area (Å²) in [4.78, 5) is 2.58. The van der Waals surface area contributed by atoms with Crippen molar-refractivity contribution in [3.8, 4) is 0 Å². The Morgan fingerprint density at radius 1 is 1.10 bits per heavy atom. The second-order valence-corrected chi connectivity index (χ2v) is 8.50. The molecule has 0 aliphatic carbocycles. The summed E-state index contributed by atoms with van der Waals surface area (Å²) in [6.07, 6.45) is 1.29. The minimum Gasteiger partial charge on any atom is -0.371 e. The zero-order chi connectivity index (χ0) is 15.7.